The first kappa shape index (κ1) is 20.3. The Morgan fingerprint density at radius 2 is 1.93 bits per heavy atom. The molecule has 9 heteroatoms. The van der Waals surface area contributed by atoms with Gasteiger partial charge in [-0.25, -0.2) is 13.2 Å². The van der Waals surface area contributed by atoms with Crippen molar-refractivity contribution in [2.75, 3.05) is 26.3 Å². The molecule has 0 aromatic heterocycles. The van der Waals surface area contributed by atoms with Crippen molar-refractivity contribution in [2.24, 2.45) is 0 Å². The Hall–Kier alpha value is -2.44. The number of carbonyl (C=O) groups excluding carboxylic acids is 1. The van der Waals surface area contributed by atoms with E-state index in [4.69, 9.17) is 26.3 Å². The third-order valence-corrected chi connectivity index (χ3v) is 6.63. The molecule has 28 heavy (non-hydrogen) atoms. The molecule has 1 fully saturated rings. The molecule has 146 valence electrons. The van der Waals surface area contributed by atoms with Gasteiger partial charge < -0.3 is 9.47 Å². The van der Waals surface area contributed by atoms with E-state index < -0.39 is 16.0 Å². The lowest BCUT2D eigenvalue weighted by Crippen LogP contribution is -2.40. The summed E-state index contributed by atoms with van der Waals surface area (Å²) in [5, 5.41) is 9.12. The molecule has 0 radical (unpaired) electrons. The van der Waals surface area contributed by atoms with Crippen LogP contribution in [0.3, 0.4) is 0 Å². The van der Waals surface area contributed by atoms with Crippen molar-refractivity contribution in [1.29, 1.82) is 5.26 Å². The molecule has 1 aliphatic heterocycles. The van der Waals surface area contributed by atoms with E-state index in [1.807, 2.05) is 6.07 Å². The molecule has 0 bridgehead atoms. The van der Waals surface area contributed by atoms with Crippen LogP contribution in [0.1, 0.15) is 21.5 Å². The summed E-state index contributed by atoms with van der Waals surface area (Å²) in [7, 11) is -3.86. The van der Waals surface area contributed by atoms with Crippen LogP contribution in [0, 0.1) is 11.3 Å². The van der Waals surface area contributed by atoms with Gasteiger partial charge in [0.2, 0.25) is 10.0 Å². The Balaban J connectivity index is 1.80. The number of carbonyl (C=O) groups is 1. The molecule has 2 aromatic carbocycles. The number of rotatable bonds is 5. The van der Waals surface area contributed by atoms with E-state index in [0.29, 0.717) is 24.3 Å². The number of halogens is 1. The van der Waals surface area contributed by atoms with Gasteiger partial charge in [-0.15, -0.1) is 0 Å². The Morgan fingerprint density at radius 1 is 1.21 bits per heavy atom. The van der Waals surface area contributed by atoms with Gasteiger partial charge in [0, 0.05) is 18.7 Å². The molecule has 0 unspecified atom stereocenters. The van der Waals surface area contributed by atoms with Crippen LogP contribution >= 0.6 is 11.6 Å². The van der Waals surface area contributed by atoms with Crippen LogP contribution in [0.2, 0.25) is 5.02 Å². The normalized spacial score (nSPS) is 15.0. The molecule has 1 heterocycles. The van der Waals surface area contributed by atoms with E-state index in [1.54, 1.807) is 24.3 Å². The fourth-order valence-corrected chi connectivity index (χ4v) is 4.64. The first-order valence-electron chi connectivity index (χ1n) is 8.46. The van der Waals surface area contributed by atoms with Gasteiger partial charge in [-0.1, -0.05) is 29.8 Å². The third kappa shape index (κ3) is 4.34. The maximum absolute atomic E-state index is 12.8. The Bertz CT molecular complexity index is 1030. The molecular weight excluding hydrogens is 404 g/mol. The zero-order valence-corrected chi connectivity index (χ0v) is 16.4. The lowest BCUT2D eigenvalue weighted by molar-refractivity contribution is 0.0472. The summed E-state index contributed by atoms with van der Waals surface area (Å²) in [6, 6.07) is 12.8. The van der Waals surface area contributed by atoms with Crippen molar-refractivity contribution in [3.63, 3.8) is 0 Å². The standard InChI is InChI=1S/C19H17ClN2O5S/c20-17-6-5-14(11-18(17)28(24,25)22-7-9-26-10-8-22)19(23)27-13-16-4-2-1-3-15(16)12-21/h1-6,11H,7-10,13H2. The van der Waals surface area contributed by atoms with Gasteiger partial charge in [-0.05, 0) is 24.3 Å². The van der Waals surface area contributed by atoms with Gasteiger partial charge in [-0.2, -0.15) is 9.57 Å². The molecule has 0 saturated carbocycles. The lowest BCUT2D eigenvalue weighted by Gasteiger charge is -2.26. The highest BCUT2D eigenvalue weighted by molar-refractivity contribution is 7.89. The number of hydrogen-bond donors (Lipinski definition) is 0. The number of ether oxygens (including phenoxy) is 2. The van der Waals surface area contributed by atoms with Gasteiger partial charge in [0.15, 0.2) is 0 Å². The summed E-state index contributed by atoms with van der Waals surface area (Å²) in [4.78, 5) is 12.3. The van der Waals surface area contributed by atoms with Crippen LogP contribution in [0.5, 0.6) is 0 Å². The maximum atomic E-state index is 12.8. The molecular formula is C19H17ClN2O5S. The number of sulfonamides is 1. The van der Waals surface area contributed by atoms with Crippen LogP contribution < -0.4 is 0 Å². The molecule has 0 N–H and O–H groups in total. The highest BCUT2D eigenvalue weighted by Crippen LogP contribution is 2.27. The second kappa shape index (κ2) is 8.71. The molecule has 7 nitrogen and oxygen atoms in total. The monoisotopic (exact) mass is 420 g/mol. The van der Waals surface area contributed by atoms with Crippen molar-refractivity contribution in [3.8, 4) is 6.07 Å². The highest BCUT2D eigenvalue weighted by atomic mass is 35.5. The smallest absolute Gasteiger partial charge is 0.338 e. The fraction of sp³-hybridized carbons (Fsp3) is 0.263. The van der Waals surface area contributed by atoms with Gasteiger partial charge in [0.05, 0.1) is 35.4 Å². The van der Waals surface area contributed by atoms with Crippen molar-refractivity contribution in [1.82, 2.24) is 4.31 Å². The topological polar surface area (TPSA) is 96.7 Å². The highest BCUT2D eigenvalue weighted by Gasteiger charge is 2.29. The van der Waals surface area contributed by atoms with E-state index in [0.717, 1.165) is 0 Å². The van der Waals surface area contributed by atoms with Gasteiger partial charge in [0.1, 0.15) is 11.5 Å². The molecule has 1 aliphatic rings. The van der Waals surface area contributed by atoms with Crippen LogP contribution in [-0.4, -0.2) is 45.0 Å². The van der Waals surface area contributed by atoms with E-state index in [9.17, 15) is 13.2 Å². The van der Waals surface area contributed by atoms with Crippen LogP contribution in [0.15, 0.2) is 47.4 Å². The fourth-order valence-electron chi connectivity index (χ4n) is 2.74. The number of esters is 1. The second-order valence-electron chi connectivity index (χ2n) is 6.01. The second-order valence-corrected chi connectivity index (χ2v) is 8.32. The molecule has 1 saturated heterocycles. The molecule has 0 atom stereocenters. The van der Waals surface area contributed by atoms with Crippen molar-refractivity contribution in [2.45, 2.75) is 11.5 Å². The molecule has 3 rings (SSSR count). The average Bonchev–Trinajstić information content (AvgIpc) is 2.73. The Morgan fingerprint density at radius 3 is 2.64 bits per heavy atom. The molecule has 0 spiro atoms. The minimum Gasteiger partial charge on any atom is -0.457 e. The minimum absolute atomic E-state index is 0.0258. The largest absolute Gasteiger partial charge is 0.457 e. The SMILES string of the molecule is N#Cc1ccccc1COC(=O)c1ccc(Cl)c(S(=O)(=O)N2CCOCC2)c1. The predicted octanol–water partition coefficient (Wildman–Crippen LogP) is 2.59. The number of benzene rings is 2. The number of hydrogen-bond acceptors (Lipinski definition) is 6. The van der Waals surface area contributed by atoms with Gasteiger partial charge in [0.25, 0.3) is 0 Å². The summed E-state index contributed by atoms with van der Waals surface area (Å²) in [5.41, 5.74) is 1.03. The molecule has 0 aliphatic carbocycles. The lowest BCUT2D eigenvalue weighted by atomic mass is 10.1. The summed E-state index contributed by atoms with van der Waals surface area (Å²) < 4.78 is 37.4. The summed E-state index contributed by atoms with van der Waals surface area (Å²) in [6.45, 7) is 0.946. The van der Waals surface area contributed by atoms with Crippen molar-refractivity contribution in [3.05, 3.63) is 64.2 Å². The maximum Gasteiger partial charge on any atom is 0.338 e. The average molecular weight is 421 g/mol. The summed E-state index contributed by atoms with van der Waals surface area (Å²) >= 11 is 6.09. The first-order valence-corrected chi connectivity index (χ1v) is 10.3. The van der Waals surface area contributed by atoms with Crippen LogP contribution in [0.4, 0.5) is 0 Å². The third-order valence-electron chi connectivity index (χ3n) is 4.25. The number of nitrogens with zero attached hydrogens (tertiary/aromatic N) is 2. The zero-order chi connectivity index (χ0) is 20.1. The summed E-state index contributed by atoms with van der Waals surface area (Å²) in [5.74, 6) is -0.706. The first-order chi connectivity index (χ1) is 13.4. The van der Waals surface area contributed by atoms with E-state index >= 15 is 0 Å². The van der Waals surface area contributed by atoms with Gasteiger partial charge >= 0.3 is 5.97 Å². The predicted molar refractivity (Wildman–Crippen MR) is 101 cm³/mol. The Labute approximate surface area is 168 Å². The number of morpholine rings is 1. The quantitative estimate of drug-likeness (QED) is 0.690. The van der Waals surface area contributed by atoms with Crippen LogP contribution in [-0.2, 0) is 26.1 Å². The molecule has 2 aromatic rings. The van der Waals surface area contributed by atoms with E-state index in [-0.39, 0.29) is 35.2 Å². The van der Waals surface area contributed by atoms with Gasteiger partial charge in [-0.3, -0.25) is 0 Å². The van der Waals surface area contributed by atoms with Crippen LogP contribution in [0.25, 0.3) is 0 Å². The Kier molecular flexibility index (Phi) is 6.31. The zero-order valence-electron chi connectivity index (χ0n) is 14.8. The number of nitriles is 1. The summed E-state index contributed by atoms with van der Waals surface area (Å²) in [6.07, 6.45) is 0. The van der Waals surface area contributed by atoms with Crippen molar-refractivity contribution >= 4 is 27.6 Å². The molecule has 0 amide bonds. The van der Waals surface area contributed by atoms with E-state index in [1.165, 1.54) is 22.5 Å². The van der Waals surface area contributed by atoms with Crippen molar-refractivity contribution < 1.29 is 22.7 Å². The van der Waals surface area contributed by atoms with E-state index in [2.05, 4.69) is 0 Å². The minimum atomic E-state index is -3.86.